The number of carbonyl (C=O) groups excluding carboxylic acids is 2. The Hall–Kier alpha value is -2.65. The fourth-order valence-electron chi connectivity index (χ4n) is 4.64. The molecule has 2 amide bonds. The van der Waals surface area contributed by atoms with Crippen LogP contribution in [0.5, 0.6) is 0 Å². The maximum atomic E-state index is 12.3. The van der Waals surface area contributed by atoms with Gasteiger partial charge in [0.25, 0.3) is 0 Å². The maximum Gasteiger partial charge on any atom is 0.410 e. The van der Waals surface area contributed by atoms with E-state index in [-0.39, 0.29) is 18.4 Å². The molecule has 0 aliphatic carbocycles. The molecule has 2 aromatic carbocycles. The molecule has 9 heteroatoms. The number of hydrogen-bond acceptors (Lipinski definition) is 6. The maximum absolute atomic E-state index is 12.3. The molecule has 1 aliphatic heterocycles. The van der Waals surface area contributed by atoms with Gasteiger partial charge in [-0.25, -0.2) is 10.3 Å². The fourth-order valence-corrected chi connectivity index (χ4v) is 4.77. The lowest BCUT2D eigenvalue weighted by Crippen LogP contribution is -2.49. The summed E-state index contributed by atoms with van der Waals surface area (Å²) in [5, 5.41) is 9.78. The first-order valence-corrected chi connectivity index (χ1v) is 13.5. The lowest BCUT2D eigenvalue weighted by atomic mass is 9.85. The van der Waals surface area contributed by atoms with Crippen LogP contribution in [0.2, 0.25) is 5.02 Å². The molecule has 1 aliphatic rings. The minimum Gasteiger partial charge on any atom is -0.444 e. The summed E-state index contributed by atoms with van der Waals surface area (Å²) in [5.74, 6) is -0.577. The van der Waals surface area contributed by atoms with Gasteiger partial charge in [0.05, 0.1) is 12.5 Å². The Morgan fingerprint density at radius 3 is 2.16 bits per heavy atom. The molecule has 2 atom stereocenters. The molecule has 0 radical (unpaired) electrons. The lowest BCUT2D eigenvalue weighted by molar-refractivity contribution is -0.132. The molecular weight excluding hydrogens is 506 g/mol. The molecule has 8 nitrogen and oxygen atoms in total. The summed E-state index contributed by atoms with van der Waals surface area (Å²) in [5.41, 5.74) is 4.55. The summed E-state index contributed by atoms with van der Waals surface area (Å²) in [6, 6.07) is 16.1. The molecule has 2 aromatic rings. The standard InChI is InChI=1S/C29H40ClN3O5/c1-5-37-26(19-27(34)31-36)25(18-21-8-12-24(30)13-9-21)23-10-6-22(7-11-23)20-32-14-16-33(17-15-32)28(35)38-29(2,3)4/h6-13,25-26,36H,5,14-20H2,1-4H3,(H,31,34)/t25-,26-/m1/s1. The van der Waals surface area contributed by atoms with E-state index in [1.807, 2.05) is 52.0 Å². The van der Waals surface area contributed by atoms with Crippen molar-refractivity contribution in [1.82, 2.24) is 15.3 Å². The minimum absolute atomic E-state index is 0.0479. The zero-order valence-corrected chi connectivity index (χ0v) is 23.5. The number of halogens is 1. The first-order valence-electron chi connectivity index (χ1n) is 13.2. The molecule has 1 heterocycles. The third-order valence-corrected chi connectivity index (χ3v) is 6.80. The van der Waals surface area contributed by atoms with Crippen molar-refractivity contribution in [3.63, 3.8) is 0 Å². The largest absolute Gasteiger partial charge is 0.444 e. The quantitative estimate of drug-likeness (QED) is 0.322. The highest BCUT2D eigenvalue weighted by molar-refractivity contribution is 6.30. The van der Waals surface area contributed by atoms with Crippen LogP contribution in [0, 0.1) is 0 Å². The molecule has 38 heavy (non-hydrogen) atoms. The van der Waals surface area contributed by atoms with Gasteiger partial charge in [0.2, 0.25) is 5.91 Å². The Morgan fingerprint density at radius 2 is 1.61 bits per heavy atom. The normalized spacial score (nSPS) is 16.1. The summed E-state index contributed by atoms with van der Waals surface area (Å²) in [6.07, 6.45) is 0.0419. The van der Waals surface area contributed by atoms with Crippen LogP contribution in [0.4, 0.5) is 4.79 Å². The number of rotatable bonds is 10. The van der Waals surface area contributed by atoms with Gasteiger partial charge in [-0.2, -0.15) is 0 Å². The first kappa shape index (κ1) is 29.9. The molecule has 0 spiro atoms. The van der Waals surface area contributed by atoms with Gasteiger partial charge in [-0.3, -0.25) is 14.9 Å². The summed E-state index contributed by atoms with van der Waals surface area (Å²) < 4.78 is 11.5. The molecule has 3 rings (SSSR count). The van der Waals surface area contributed by atoms with Crippen LogP contribution in [0.25, 0.3) is 0 Å². The molecule has 0 bridgehead atoms. The highest BCUT2D eigenvalue weighted by atomic mass is 35.5. The van der Waals surface area contributed by atoms with Crippen molar-refractivity contribution >= 4 is 23.6 Å². The van der Waals surface area contributed by atoms with Gasteiger partial charge in [-0.1, -0.05) is 48.0 Å². The van der Waals surface area contributed by atoms with Crippen LogP contribution < -0.4 is 5.48 Å². The van der Waals surface area contributed by atoms with Gasteiger partial charge in [-0.15, -0.1) is 0 Å². The molecule has 0 unspecified atom stereocenters. The monoisotopic (exact) mass is 545 g/mol. The van der Waals surface area contributed by atoms with Crippen molar-refractivity contribution in [2.75, 3.05) is 32.8 Å². The Balaban J connectivity index is 1.68. The van der Waals surface area contributed by atoms with Crippen molar-refractivity contribution < 1.29 is 24.3 Å². The van der Waals surface area contributed by atoms with E-state index in [4.69, 9.17) is 26.3 Å². The molecule has 208 valence electrons. The predicted molar refractivity (Wildman–Crippen MR) is 147 cm³/mol. The number of ether oxygens (including phenoxy) is 2. The van der Waals surface area contributed by atoms with E-state index in [1.54, 1.807) is 10.4 Å². The lowest BCUT2D eigenvalue weighted by Gasteiger charge is -2.35. The van der Waals surface area contributed by atoms with E-state index in [9.17, 15) is 9.59 Å². The highest BCUT2D eigenvalue weighted by Gasteiger charge is 2.28. The molecule has 1 saturated heterocycles. The summed E-state index contributed by atoms with van der Waals surface area (Å²) in [6.45, 7) is 11.6. The zero-order chi connectivity index (χ0) is 27.7. The van der Waals surface area contributed by atoms with Crippen LogP contribution in [0.1, 0.15) is 56.7 Å². The zero-order valence-electron chi connectivity index (χ0n) is 22.8. The molecule has 1 fully saturated rings. The number of benzene rings is 2. The SMILES string of the molecule is CCO[C@H](CC(=O)NO)[C@H](Cc1ccc(Cl)cc1)c1ccc(CN2CCN(C(=O)OC(C)(C)C)CC2)cc1. The van der Waals surface area contributed by atoms with Crippen LogP contribution >= 0.6 is 11.6 Å². The Labute approximate surface area is 230 Å². The van der Waals surface area contributed by atoms with E-state index in [1.165, 1.54) is 5.56 Å². The van der Waals surface area contributed by atoms with Gasteiger partial charge in [0.15, 0.2) is 0 Å². The van der Waals surface area contributed by atoms with Crippen LogP contribution in [0.15, 0.2) is 48.5 Å². The second-order valence-corrected chi connectivity index (χ2v) is 11.1. The Kier molecular flexibility index (Phi) is 11.0. The van der Waals surface area contributed by atoms with Gasteiger partial charge < -0.3 is 14.4 Å². The van der Waals surface area contributed by atoms with Crippen molar-refractivity contribution in [2.45, 2.75) is 64.7 Å². The van der Waals surface area contributed by atoms with E-state index in [0.717, 1.165) is 30.8 Å². The van der Waals surface area contributed by atoms with Crippen molar-refractivity contribution in [3.8, 4) is 0 Å². The Bertz CT molecular complexity index is 1030. The van der Waals surface area contributed by atoms with E-state index in [0.29, 0.717) is 31.1 Å². The molecule has 2 N–H and O–H groups in total. The number of nitrogens with zero attached hydrogens (tertiary/aromatic N) is 2. The van der Waals surface area contributed by atoms with Gasteiger partial charge in [0, 0.05) is 50.3 Å². The van der Waals surface area contributed by atoms with Crippen LogP contribution in [0.3, 0.4) is 0 Å². The topological polar surface area (TPSA) is 91.3 Å². The van der Waals surface area contributed by atoms with Crippen LogP contribution in [-0.2, 0) is 27.2 Å². The smallest absolute Gasteiger partial charge is 0.410 e. The predicted octanol–water partition coefficient (Wildman–Crippen LogP) is 5.02. The first-order chi connectivity index (χ1) is 18.1. The Morgan fingerprint density at radius 1 is 1.00 bits per heavy atom. The van der Waals surface area contributed by atoms with Crippen LogP contribution in [-0.4, -0.2) is 71.5 Å². The summed E-state index contributed by atoms with van der Waals surface area (Å²) >= 11 is 6.08. The van der Waals surface area contributed by atoms with Crippen molar-refractivity contribution in [1.29, 1.82) is 0 Å². The third kappa shape index (κ3) is 9.27. The second-order valence-electron chi connectivity index (χ2n) is 10.7. The number of amides is 2. The van der Waals surface area contributed by atoms with Crippen molar-refractivity contribution in [2.24, 2.45) is 0 Å². The highest BCUT2D eigenvalue weighted by Crippen LogP contribution is 2.30. The number of hydrogen-bond donors (Lipinski definition) is 2. The van der Waals surface area contributed by atoms with Crippen molar-refractivity contribution in [3.05, 3.63) is 70.2 Å². The van der Waals surface area contributed by atoms with E-state index < -0.39 is 17.6 Å². The minimum atomic E-state index is -0.496. The number of carbonyl (C=O) groups is 2. The number of piperazine rings is 1. The van der Waals surface area contributed by atoms with E-state index >= 15 is 0 Å². The summed E-state index contributed by atoms with van der Waals surface area (Å²) in [7, 11) is 0. The average Bonchev–Trinajstić information content (AvgIpc) is 2.88. The number of hydroxylamine groups is 1. The molecule has 0 aromatic heterocycles. The third-order valence-electron chi connectivity index (χ3n) is 6.55. The van der Waals surface area contributed by atoms with Gasteiger partial charge in [0.1, 0.15) is 5.60 Å². The fraction of sp³-hybridized carbons (Fsp3) is 0.517. The second kappa shape index (κ2) is 13.9. The molecule has 0 saturated carbocycles. The van der Waals surface area contributed by atoms with Gasteiger partial charge >= 0.3 is 6.09 Å². The van der Waals surface area contributed by atoms with Gasteiger partial charge in [-0.05, 0) is 62.9 Å². The summed E-state index contributed by atoms with van der Waals surface area (Å²) in [4.78, 5) is 28.5. The number of nitrogens with one attached hydrogen (secondary N) is 1. The average molecular weight is 546 g/mol. The molecular formula is C29H40ClN3O5. The van der Waals surface area contributed by atoms with E-state index in [2.05, 4.69) is 29.2 Å².